The standard InChI is InChI=1S/C60H40N2O/c1-3-17-41(18-4-1)42-33-35-43(36-34-42)44-37-39-46(40-38-44)61(53-27-11-7-21-47(53)45-19-5-2-6-20-45)54-28-12-8-22-48(54)50-25-15-30-56-59(50)52-24-9-13-29-55(52)62(56)57-31-16-26-51-49-23-10-14-32-58(49)63-60(51)57/h1-40H. The summed E-state index contributed by atoms with van der Waals surface area (Å²) in [5.41, 5.74) is 17.7. The van der Waals surface area contributed by atoms with Gasteiger partial charge in [-0.3, -0.25) is 0 Å². The van der Waals surface area contributed by atoms with E-state index in [0.717, 1.165) is 78.0 Å². The van der Waals surface area contributed by atoms with Gasteiger partial charge >= 0.3 is 0 Å². The number of hydrogen-bond donors (Lipinski definition) is 0. The Morgan fingerprint density at radius 3 is 1.54 bits per heavy atom. The number of para-hydroxylation sites is 5. The van der Waals surface area contributed by atoms with Crippen LogP contribution in [0.15, 0.2) is 247 Å². The fraction of sp³-hybridized carbons (Fsp3) is 0. The molecule has 3 heteroatoms. The molecular weight excluding hydrogens is 765 g/mol. The number of aromatic nitrogens is 1. The van der Waals surface area contributed by atoms with Gasteiger partial charge in [-0.05, 0) is 81.9 Å². The number of fused-ring (bicyclic) bond motifs is 6. The number of anilines is 3. The van der Waals surface area contributed by atoms with Gasteiger partial charge in [0.2, 0.25) is 0 Å². The topological polar surface area (TPSA) is 21.3 Å². The van der Waals surface area contributed by atoms with Crippen molar-refractivity contribution in [3.8, 4) is 50.2 Å². The number of nitrogens with zero attached hydrogens (tertiary/aromatic N) is 2. The molecule has 0 bridgehead atoms. The molecule has 0 unspecified atom stereocenters. The normalized spacial score (nSPS) is 11.5. The second kappa shape index (κ2) is 15.3. The molecule has 12 rings (SSSR count). The van der Waals surface area contributed by atoms with Crippen molar-refractivity contribution in [2.45, 2.75) is 0 Å². The van der Waals surface area contributed by atoms with E-state index in [2.05, 4.69) is 246 Å². The Hall–Kier alpha value is -8.40. The van der Waals surface area contributed by atoms with Crippen molar-refractivity contribution in [2.24, 2.45) is 0 Å². The van der Waals surface area contributed by atoms with Crippen LogP contribution in [0.1, 0.15) is 0 Å². The zero-order valence-electron chi connectivity index (χ0n) is 34.4. The molecule has 0 amide bonds. The fourth-order valence-corrected chi connectivity index (χ4v) is 9.54. The summed E-state index contributed by atoms with van der Waals surface area (Å²) in [7, 11) is 0. The van der Waals surface area contributed by atoms with E-state index in [-0.39, 0.29) is 0 Å². The molecule has 12 aromatic rings. The molecule has 0 aliphatic heterocycles. The number of furan rings is 1. The predicted molar refractivity (Wildman–Crippen MR) is 264 cm³/mol. The molecule has 0 fully saturated rings. The largest absolute Gasteiger partial charge is 0.454 e. The molecule has 0 aliphatic carbocycles. The Morgan fingerprint density at radius 1 is 0.317 bits per heavy atom. The summed E-state index contributed by atoms with van der Waals surface area (Å²) in [5.74, 6) is 0. The minimum absolute atomic E-state index is 0.881. The van der Waals surface area contributed by atoms with E-state index in [1.807, 2.05) is 6.07 Å². The molecule has 0 saturated heterocycles. The lowest BCUT2D eigenvalue weighted by atomic mass is 9.95. The van der Waals surface area contributed by atoms with Crippen LogP contribution in [0.3, 0.4) is 0 Å². The van der Waals surface area contributed by atoms with Gasteiger partial charge in [0.05, 0.1) is 28.1 Å². The van der Waals surface area contributed by atoms with E-state index in [0.29, 0.717) is 0 Å². The van der Waals surface area contributed by atoms with Gasteiger partial charge in [-0.1, -0.05) is 194 Å². The first-order valence-electron chi connectivity index (χ1n) is 21.5. The van der Waals surface area contributed by atoms with Crippen LogP contribution in [0.4, 0.5) is 17.1 Å². The van der Waals surface area contributed by atoms with Gasteiger partial charge in [0.1, 0.15) is 5.58 Å². The number of benzene rings is 10. The average Bonchev–Trinajstić information content (AvgIpc) is 3.92. The Balaban J connectivity index is 1.05. The molecule has 0 saturated carbocycles. The molecule has 0 spiro atoms. The molecule has 2 heterocycles. The third kappa shape index (κ3) is 6.21. The van der Waals surface area contributed by atoms with Gasteiger partial charge in [-0.2, -0.15) is 0 Å². The van der Waals surface area contributed by atoms with Crippen molar-refractivity contribution in [3.63, 3.8) is 0 Å². The first-order valence-corrected chi connectivity index (χ1v) is 21.5. The molecule has 296 valence electrons. The van der Waals surface area contributed by atoms with Crippen molar-refractivity contribution in [1.29, 1.82) is 0 Å². The van der Waals surface area contributed by atoms with Gasteiger partial charge in [0.15, 0.2) is 5.58 Å². The maximum absolute atomic E-state index is 6.65. The molecule has 2 aromatic heterocycles. The van der Waals surface area contributed by atoms with Gasteiger partial charge in [-0.25, -0.2) is 0 Å². The Labute approximate surface area is 366 Å². The van der Waals surface area contributed by atoms with Crippen LogP contribution < -0.4 is 4.90 Å². The van der Waals surface area contributed by atoms with Crippen LogP contribution in [-0.4, -0.2) is 4.57 Å². The maximum Gasteiger partial charge on any atom is 0.159 e. The highest BCUT2D eigenvalue weighted by atomic mass is 16.3. The van der Waals surface area contributed by atoms with Crippen LogP contribution in [-0.2, 0) is 0 Å². The molecule has 3 nitrogen and oxygen atoms in total. The molecule has 0 N–H and O–H groups in total. The Morgan fingerprint density at radius 2 is 0.810 bits per heavy atom. The first kappa shape index (κ1) is 36.5. The molecule has 0 atom stereocenters. The zero-order valence-corrected chi connectivity index (χ0v) is 34.4. The van der Waals surface area contributed by atoms with Crippen molar-refractivity contribution >= 4 is 60.8 Å². The van der Waals surface area contributed by atoms with Gasteiger partial charge in [0, 0.05) is 38.4 Å². The summed E-state index contributed by atoms with van der Waals surface area (Å²) in [4.78, 5) is 2.44. The minimum atomic E-state index is 0.881. The first-order chi connectivity index (χ1) is 31.3. The SMILES string of the molecule is c1ccc(-c2ccc(-c3ccc(N(c4ccccc4-c4ccccc4)c4ccccc4-c4cccc5c4c4ccccc4n5-c4cccc5c4oc4ccccc45)cc3)cc2)cc1. The summed E-state index contributed by atoms with van der Waals surface area (Å²) >= 11 is 0. The van der Waals surface area contributed by atoms with Crippen LogP contribution in [0.25, 0.3) is 93.9 Å². The second-order valence-corrected chi connectivity index (χ2v) is 16.0. The molecule has 10 aromatic carbocycles. The summed E-state index contributed by atoms with van der Waals surface area (Å²) in [6, 6.07) is 87.1. The van der Waals surface area contributed by atoms with Crippen molar-refractivity contribution < 1.29 is 4.42 Å². The minimum Gasteiger partial charge on any atom is -0.454 e. The van der Waals surface area contributed by atoms with Crippen molar-refractivity contribution in [2.75, 3.05) is 4.90 Å². The van der Waals surface area contributed by atoms with E-state index >= 15 is 0 Å². The third-order valence-electron chi connectivity index (χ3n) is 12.4. The van der Waals surface area contributed by atoms with E-state index in [4.69, 9.17) is 4.42 Å². The molecule has 0 aliphatic rings. The Bertz CT molecular complexity index is 3600. The molecule has 0 radical (unpaired) electrons. The lowest BCUT2D eigenvalue weighted by molar-refractivity contribution is 0.666. The predicted octanol–water partition coefficient (Wildman–Crippen LogP) is 16.8. The lowest BCUT2D eigenvalue weighted by Crippen LogP contribution is -2.12. The van der Waals surface area contributed by atoms with Crippen LogP contribution >= 0.6 is 0 Å². The summed E-state index contributed by atoms with van der Waals surface area (Å²) in [5, 5.41) is 4.61. The van der Waals surface area contributed by atoms with E-state index in [9.17, 15) is 0 Å². The van der Waals surface area contributed by atoms with E-state index < -0.39 is 0 Å². The summed E-state index contributed by atoms with van der Waals surface area (Å²) < 4.78 is 9.03. The quantitative estimate of drug-likeness (QED) is 0.153. The Kier molecular flexibility index (Phi) is 8.83. The molecular formula is C60H40N2O. The van der Waals surface area contributed by atoms with Crippen molar-refractivity contribution in [3.05, 3.63) is 243 Å². The van der Waals surface area contributed by atoms with Gasteiger partial charge < -0.3 is 13.9 Å². The van der Waals surface area contributed by atoms with Crippen LogP contribution in [0, 0.1) is 0 Å². The molecule has 63 heavy (non-hydrogen) atoms. The van der Waals surface area contributed by atoms with Crippen LogP contribution in [0.2, 0.25) is 0 Å². The highest BCUT2D eigenvalue weighted by Gasteiger charge is 2.24. The van der Waals surface area contributed by atoms with Gasteiger partial charge in [0.25, 0.3) is 0 Å². The highest BCUT2D eigenvalue weighted by molar-refractivity contribution is 6.18. The monoisotopic (exact) mass is 804 g/mol. The lowest BCUT2D eigenvalue weighted by Gasteiger charge is -2.30. The zero-order chi connectivity index (χ0) is 41.7. The second-order valence-electron chi connectivity index (χ2n) is 16.0. The summed E-state index contributed by atoms with van der Waals surface area (Å²) in [6.07, 6.45) is 0. The average molecular weight is 805 g/mol. The van der Waals surface area contributed by atoms with Gasteiger partial charge in [-0.15, -0.1) is 0 Å². The number of rotatable bonds is 8. The smallest absolute Gasteiger partial charge is 0.159 e. The van der Waals surface area contributed by atoms with Crippen LogP contribution in [0.5, 0.6) is 0 Å². The fourth-order valence-electron chi connectivity index (χ4n) is 9.54. The van der Waals surface area contributed by atoms with E-state index in [1.54, 1.807) is 0 Å². The third-order valence-corrected chi connectivity index (χ3v) is 12.4. The van der Waals surface area contributed by atoms with E-state index in [1.165, 1.54) is 33.0 Å². The maximum atomic E-state index is 6.65. The summed E-state index contributed by atoms with van der Waals surface area (Å²) in [6.45, 7) is 0. The van der Waals surface area contributed by atoms with Crippen molar-refractivity contribution in [1.82, 2.24) is 4.57 Å². The highest BCUT2D eigenvalue weighted by Crippen LogP contribution is 2.48. The number of hydrogen-bond acceptors (Lipinski definition) is 2.